The van der Waals surface area contributed by atoms with E-state index in [1.165, 1.54) is 0 Å². The number of likely N-dealkylation sites (tertiary alicyclic amines) is 2. The van der Waals surface area contributed by atoms with Crippen LogP contribution in [0.5, 0.6) is 0 Å². The number of aliphatic carboxylic acids is 2. The molecule has 4 atom stereocenters. The van der Waals surface area contributed by atoms with E-state index in [2.05, 4.69) is 0 Å². The van der Waals surface area contributed by atoms with Crippen molar-refractivity contribution in [2.24, 2.45) is 11.8 Å². The maximum Gasteiger partial charge on any atom is 0.410 e. The van der Waals surface area contributed by atoms with Crippen molar-refractivity contribution in [2.75, 3.05) is 13.1 Å². The molecule has 16 heteroatoms. The molecule has 252 valence electrons. The quantitative estimate of drug-likeness (QED) is 0.355. The highest BCUT2D eigenvalue weighted by molar-refractivity contribution is 5.73. The minimum Gasteiger partial charge on any atom is -0.481 e. The van der Waals surface area contributed by atoms with Crippen LogP contribution in [0.4, 0.5) is 35.9 Å². The lowest BCUT2D eigenvalue weighted by Crippen LogP contribution is -2.54. The van der Waals surface area contributed by atoms with Gasteiger partial charge in [-0.25, -0.2) is 9.59 Å². The lowest BCUT2D eigenvalue weighted by molar-refractivity contribution is -0.193. The maximum absolute atomic E-state index is 13.1. The molecule has 2 fully saturated rings. The second-order valence-electron chi connectivity index (χ2n) is 10.7. The molecule has 0 unspecified atom stereocenters. The number of rotatable bonds is 6. The molecular weight excluding hydrogens is 630 g/mol. The van der Waals surface area contributed by atoms with Gasteiger partial charge in [-0.1, -0.05) is 60.7 Å². The third kappa shape index (κ3) is 10.3. The van der Waals surface area contributed by atoms with Crippen molar-refractivity contribution in [1.29, 1.82) is 0 Å². The van der Waals surface area contributed by atoms with E-state index in [1.54, 1.807) is 60.7 Å². The van der Waals surface area contributed by atoms with Crippen LogP contribution in [0.15, 0.2) is 60.7 Å². The van der Waals surface area contributed by atoms with Crippen molar-refractivity contribution in [3.8, 4) is 0 Å². The number of hydrogen-bond acceptors (Lipinski definition) is 6. The van der Waals surface area contributed by atoms with Crippen LogP contribution in [0.2, 0.25) is 0 Å². The first-order chi connectivity index (χ1) is 21.6. The minimum absolute atomic E-state index is 0.0254. The van der Waals surface area contributed by atoms with Gasteiger partial charge in [0.25, 0.3) is 0 Å². The Kier molecular flexibility index (Phi) is 12.3. The van der Waals surface area contributed by atoms with E-state index in [9.17, 15) is 45.5 Å². The molecule has 0 saturated carbocycles. The zero-order chi connectivity index (χ0) is 34.1. The summed E-state index contributed by atoms with van der Waals surface area (Å²) in [7, 11) is 0. The van der Waals surface area contributed by atoms with Crippen LogP contribution >= 0.6 is 0 Å². The number of carbonyl (C=O) groups is 4. The van der Waals surface area contributed by atoms with Crippen LogP contribution in [0.25, 0.3) is 0 Å². The Morgan fingerprint density at radius 3 is 1.24 bits per heavy atom. The van der Waals surface area contributed by atoms with Crippen molar-refractivity contribution >= 4 is 24.1 Å². The zero-order valence-electron chi connectivity index (χ0n) is 24.2. The lowest BCUT2D eigenvalue weighted by Gasteiger charge is -2.38. The summed E-state index contributed by atoms with van der Waals surface area (Å²) in [6, 6.07) is 12.9. The van der Waals surface area contributed by atoms with Gasteiger partial charge >= 0.3 is 36.5 Å². The van der Waals surface area contributed by atoms with E-state index in [0.29, 0.717) is 20.9 Å². The van der Waals surface area contributed by atoms with Crippen LogP contribution in [0, 0.1) is 11.8 Å². The molecule has 2 aromatic rings. The highest BCUT2D eigenvalue weighted by atomic mass is 19.4. The molecule has 46 heavy (non-hydrogen) atoms. The molecule has 2 saturated heterocycles. The Labute approximate surface area is 259 Å². The van der Waals surface area contributed by atoms with E-state index in [-0.39, 0.29) is 39.1 Å². The van der Waals surface area contributed by atoms with Crippen molar-refractivity contribution in [3.63, 3.8) is 0 Å². The van der Waals surface area contributed by atoms with Gasteiger partial charge in [-0.2, -0.15) is 26.3 Å². The fourth-order valence-corrected chi connectivity index (χ4v) is 5.04. The largest absolute Gasteiger partial charge is 0.481 e. The summed E-state index contributed by atoms with van der Waals surface area (Å²) in [5.41, 5.74) is 1.31. The molecule has 2 N–H and O–H groups in total. The summed E-state index contributed by atoms with van der Waals surface area (Å²) in [5.74, 6) is -4.78. The van der Waals surface area contributed by atoms with Gasteiger partial charge in [0.15, 0.2) is 0 Å². The smallest absolute Gasteiger partial charge is 0.410 e. The van der Waals surface area contributed by atoms with Crippen LogP contribution in [-0.2, 0) is 32.3 Å². The van der Waals surface area contributed by atoms with Gasteiger partial charge in [0.2, 0.25) is 0 Å². The second-order valence-corrected chi connectivity index (χ2v) is 10.7. The van der Waals surface area contributed by atoms with Crippen LogP contribution in [-0.4, -0.2) is 81.7 Å². The molecule has 2 heterocycles. The van der Waals surface area contributed by atoms with E-state index < -0.39 is 73.2 Å². The lowest BCUT2D eigenvalue weighted by atomic mass is 9.91. The van der Waals surface area contributed by atoms with E-state index in [1.807, 2.05) is 0 Å². The Balaban J connectivity index is 0.000000250. The van der Waals surface area contributed by atoms with Crippen molar-refractivity contribution in [3.05, 3.63) is 71.8 Å². The first-order valence-corrected chi connectivity index (χ1v) is 14.1. The number of benzene rings is 2. The third-order valence-electron chi connectivity index (χ3n) is 7.54. The average molecular weight is 663 g/mol. The number of amides is 2. The third-order valence-corrected chi connectivity index (χ3v) is 7.54. The second kappa shape index (κ2) is 15.7. The number of carboxylic acid groups (broad SMARTS) is 2. The summed E-state index contributed by atoms with van der Waals surface area (Å²) in [4.78, 5) is 46.9. The number of halogens is 6. The summed E-state index contributed by atoms with van der Waals surface area (Å²) in [6.07, 6.45) is -12.9. The molecule has 4 rings (SSSR count). The number of nitrogens with zero attached hydrogens (tertiary/aromatic N) is 2. The zero-order valence-corrected chi connectivity index (χ0v) is 24.2. The Morgan fingerprint density at radius 2 is 0.957 bits per heavy atom. The summed E-state index contributed by atoms with van der Waals surface area (Å²) in [5, 5.41) is 17.8. The fourth-order valence-electron chi connectivity index (χ4n) is 5.04. The standard InChI is InChI=1S/2C15H16F3NO4/c2*16-15(17,18)12-8-11(13(20)21)6-7-19(12)14(22)23-9-10-4-2-1-3-5-10/h2*1-5,11-12H,6-9H2,(H,20,21)/t2*11-,12+/m10/s1. The van der Waals surface area contributed by atoms with E-state index >= 15 is 0 Å². The first kappa shape index (κ1) is 36.0. The predicted molar refractivity (Wildman–Crippen MR) is 147 cm³/mol. The van der Waals surface area contributed by atoms with Gasteiger partial charge < -0.3 is 19.7 Å². The van der Waals surface area contributed by atoms with Crippen LogP contribution in [0.1, 0.15) is 36.8 Å². The molecule has 0 bridgehead atoms. The minimum atomic E-state index is -4.69. The van der Waals surface area contributed by atoms with Gasteiger partial charge in [-0.15, -0.1) is 0 Å². The molecule has 0 aliphatic carbocycles. The van der Waals surface area contributed by atoms with Gasteiger partial charge in [-0.3, -0.25) is 19.4 Å². The number of piperidine rings is 2. The maximum atomic E-state index is 13.1. The molecule has 2 aromatic carbocycles. The fraction of sp³-hybridized carbons (Fsp3) is 0.467. The van der Waals surface area contributed by atoms with Gasteiger partial charge in [0.1, 0.15) is 25.3 Å². The number of alkyl halides is 6. The molecular formula is C30H32F6N2O8. The highest BCUT2D eigenvalue weighted by Crippen LogP contribution is 2.36. The molecule has 2 aliphatic heterocycles. The number of carboxylic acids is 2. The number of hydrogen-bond donors (Lipinski definition) is 2. The van der Waals surface area contributed by atoms with Gasteiger partial charge in [-0.05, 0) is 36.8 Å². The Morgan fingerprint density at radius 1 is 0.630 bits per heavy atom. The SMILES string of the molecule is O=C(O)[C@@H]1CCN(C(=O)OCc2ccccc2)[C@H](C(F)(F)F)C1.O=C(O)[C@H]1CCN(C(=O)OCc2ccccc2)[C@@H](C(F)(F)F)C1. The molecule has 2 amide bonds. The molecule has 0 aromatic heterocycles. The monoisotopic (exact) mass is 662 g/mol. The Hall–Kier alpha value is -4.50. The molecule has 10 nitrogen and oxygen atoms in total. The topological polar surface area (TPSA) is 134 Å². The molecule has 0 spiro atoms. The molecule has 0 radical (unpaired) electrons. The number of carbonyl (C=O) groups excluding carboxylic acids is 2. The van der Waals surface area contributed by atoms with Crippen LogP contribution < -0.4 is 0 Å². The van der Waals surface area contributed by atoms with E-state index in [4.69, 9.17) is 19.7 Å². The van der Waals surface area contributed by atoms with Crippen molar-refractivity contribution < 1.29 is 65.2 Å². The van der Waals surface area contributed by atoms with E-state index in [0.717, 1.165) is 0 Å². The van der Waals surface area contributed by atoms with Crippen LogP contribution in [0.3, 0.4) is 0 Å². The Bertz CT molecular complexity index is 1220. The summed E-state index contributed by atoms with van der Waals surface area (Å²) >= 11 is 0. The van der Waals surface area contributed by atoms with Crippen molar-refractivity contribution in [1.82, 2.24) is 9.80 Å². The van der Waals surface area contributed by atoms with Crippen molar-refractivity contribution in [2.45, 2.75) is 63.3 Å². The van der Waals surface area contributed by atoms with Gasteiger partial charge in [0, 0.05) is 13.1 Å². The summed E-state index contributed by atoms with van der Waals surface area (Å²) in [6.45, 7) is -0.865. The normalized spacial score (nSPS) is 21.8. The summed E-state index contributed by atoms with van der Waals surface area (Å²) < 4.78 is 88.5. The van der Waals surface area contributed by atoms with Gasteiger partial charge in [0.05, 0.1) is 11.8 Å². The predicted octanol–water partition coefficient (Wildman–Crippen LogP) is 6.10. The molecule has 2 aliphatic rings. The number of ether oxygens (including phenoxy) is 2. The average Bonchev–Trinajstić information content (AvgIpc) is 3.02. The first-order valence-electron chi connectivity index (χ1n) is 14.1. The highest BCUT2D eigenvalue weighted by Gasteiger charge is 2.51.